The molecular weight excluding hydrogens is 180 g/mol. The molecule has 0 aliphatic heterocycles. The smallest absolute Gasteiger partial charge is 0.239 e. The quantitative estimate of drug-likeness (QED) is 0.639. The molecule has 14 heavy (non-hydrogen) atoms. The third-order valence-electron chi connectivity index (χ3n) is 1.81. The van der Waals surface area contributed by atoms with Crippen molar-refractivity contribution in [2.24, 2.45) is 5.92 Å². The van der Waals surface area contributed by atoms with Crippen LogP contribution in [0.3, 0.4) is 0 Å². The van der Waals surface area contributed by atoms with Crippen molar-refractivity contribution >= 4 is 12.3 Å². The van der Waals surface area contributed by atoms with Crippen LogP contribution < -0.4 is 5.32 Å². The number of amides is 2. The minimum absolute atomic E-state index is 0.104. The Morgan fingerprint density at radius 1 is 1.43 bits per heavy atom. The van der Waals surface area contributed by atoms with Crippen LogP contribution in [0.4, 0.5) is 0 Å². The lowest BCUT2D eigenvalue weighted by Crippen LogP contribution is -2.39. The molecule has 1 unspecified atom stereocenters. The van der Waals surface area contributed by atoms with E-state index in [0.717, 1.165) is 6.42 Å². The molecule has 0 bridgehead atoms. The number of likely N-dealkylation sites (N-methyl/N-ethyl adjacent to an activating group) is 1. The third kappa shape index (κ3) is 6.46. The Balaban J connectivity index is 3.76. The molecule has 0 spiro atoms. The second-order valence-electron chi connectivity index (χ2n) is 4.12. The Morgan fingerprint density at radius 3 is 2.43 bits per heavy atom. The highest BCUT2D eigenvalue weighted by Gasteiger charge is 2.09. The molecule has 0 aliphatic rings. The van der Waals surface area contributed by atoms with Crippen LogP contribution in [-0.4, -0.2) is 36.9 Å². The van der Waals surface area contributed by atoms with Gasteiger partial charge in [-0.2, -0.15) is 0 Å². The van der Waals surface area contributed by atoms with Crippen molar-refractivity contribution in [3.05, 3.63) is 0 Å². The van der Waals surface area contributed by atoms with Gasteiger partial charge in [0.05, 0.1) is 6.54 Å². The van der Waals surface area contributed by atoms with Crippen LogP contribution in [0.1, 0.15) is 27.2 Å². The second-order valence-corrected chi connectivity index (χ2v) is 4.12. The van der Waals surface area contributed by atoms with Crippen molar-refractivity contribution in [2.45, 2.75) is 33.2 Å². The van der Waals surface area contributed by atoms with Crippen LogP contribution in [0.2, 0.25) is 0 Å². The van der Waals surface area contributed by atoms with E-state index in [9.17, 15) is 9.59 Å². The predicted molar refractivity (Wildman–Crippen MR) is 55.8 cm³/mol. The Morgan fingerprint density at radius 2 is 2.00 bits per heavy atom. The van der Waals surface area contributed by atoms with E-state index in [4.69, 9.17) is 0 Å². The molecule has 82 valence electrons. The van der Waals surface area contributed by atoms with E-state index in [-0.39, 0.29) is 18.5 Å². The van der Waals surface area contributed by atoms with Gasteiger partial charge < -0.3 is 10.2 Å². The molecule has 1 atom stereocenters. The second kappa shape index (κ2) is 6.40. The van der Waals surface area contributed by atoms with E-state index in [1.165, 1.54) is 4.90 Å². The summed E-state index contributed by atoms with van der Waals surface area (Å²) in [4.78, 5) is 22.9. The number of hydrogen-bond donors (Lipinski definition) is 1. The fourth-order valence-corrected chi connectivity index (χ4v) is 1.35. The minimum atomic E-state index is -0.104. The standard InChI is InChI=1S/C10H20N2O2/c1-8(2)5-9(3)11-10(14)6-12(4)7-13/h7-9H,5-6H2,1-4H3,(H,11,14). The molecule has 0 aliphatic carbocycles. The van der Waals surface area contributed by atoms with Crippen LogP contribution >= 0.6 is 0 Å². The van der Waals surface area contributed by atoms with Gasteiger partial charge in [-0.15, -0.1) is 0 Å². The zero-order chi connectivity index (χ0) is 11.1. The molecule has 0 saturated carbocycles. The Hall–Kier alpha value is -1.06. The Bertz CT molecular complexity index is 193. The zero-order valence-corrected chi connectivity index (χ0v) is 9.41. The summed E-state index contributed by atoms with van der Waals surface area (Å²) in [5.74, 6) is 0.460. The molecule has 2 amide bonds. The zero-order valence-electron chi connectivity index (χ0n) is 9.41. The molecule has 0 aromatic heterocycles. The van der Waals surface area contributed by atoms with E-state index >= 15 is 0 Å². The van der Waals surface area contributed by atoms with Crippen molar-refractivity contribution in [3.63, 3.8) is 0 Å². The lowest BCUT2D eigenvalue weighted by molar-refractivity contribution is -0.127. The van der Waals surface area contributed by atoms with Gasteiger partial charge in [0.2, 0.25) is 12.3 Å². The summed E-state index contributed by atoms with van der Waals surface area (Å²) >= 11 is 0. The van der Waals surface area contributed by atoms with Gasteiger partial charge in [0.1, 0.15) is 0 Å². The largest absolute Gasteiger partial charge is 0.352 e. The summed E-state index contributed by atoms with van der Waals surface area (Å²) in [7, 11) is 1.58. The average Bonchev–Trinajstić information content (AvgIpc) is 2.01. The topological polar surface area (TPSA) is 49.4 Å². The lowest BCUT2D eigenvalue weighted by atomic mass is 10.1. The minimum Gasteiger partial charge on any atom is -0.352 e. The van der Waals surface area contributed by atoms with Gasteiger partial charge in [-0.05, 0) is 19.3 Å². The molecule has 0 heterocycles. The number of hydrogen-bond acceptors (Lipinski definition) is 2. The van der Waals surface area contributed by atoms with E-state index < -0.39 is 0 Å². The first-order valence-electron chi connectivity index (χ1n) is 4.90. The maximum atomic E-state index is 11.3. The highest BCUT2D eigenvalue weighted by Crippen LogP contribution is 2.03. The van der Waals surface area contributed by atoms with E-state index in [1.807, 2.05) is 6.92 Å². The predicted octanol–water partition coefficient (Wildman–Crippen LogP) is 0.625. The number of nitrogens with zero attached hydrogens (tertiary/aromatic N) is 1. The van der Waals surface area contributed by atoms with Gasteiger partial charge in [-0.1, -0.05) is 13.8 Å². The van der Waals surface area contributed by atoms with Crippen LogP contribution in [0.15, 0.2) is 0 Å². The summed E-state index contributed by atoms with van der Waals surface area (Å²) in [6, 6.07) is 0.169. The van der Waals surface area contributed by atoms with E-state index in [0.29, 0.717) is 12.3 Å². The van der Waals surface area contributed by atoms with Crippen molar-refractivity contribution in [1.82, 2.24) is 10.2 Å². The molecule has 0 rings (SSSR count). The number of rotatable bonds is 6. The Kier molecular flexibility index (Phi) is 5.92. The van der Waals surface area contributed by atoms with E-state index in [1.54, 1.807) is 7.05 Å². The number of carbonyl (C=O) groups excluding carboxylic acids is 2. The maximum Gasteiger partial charge on any atom is 0.239 e. The first kappa shape index (κ1) is 12.9. The Labute approximate surface area is 85.7 Å². The van der Waals surface area contributed by atoms with Crippen molar-refractivity contribution in [3.8, 4) is 0 Å². The van der Waals surface area contributed by atoms with Crippen LogP contribution in [0.25, 0.3) is 0 Å². The van der Waals surface area contributed by atoms with Crippen molar-refractivity contribution < 1.29 is 9.59 Å². The molecule has 0 fully saturated rings. The molecule has 0 radical (unpaired) electrons. The molecule has 4 heteroatoms. The third-order valence-corrected chi connectivity index (χ3v) is 1.81. The average molecular weight is 200 g/mol. The molecular formula is C10H20N2O2. The van der Waals surface area contributed by atoms with Gasteiger partial charge in [0.15, 0.2) is 0 Å². The fourth-order valence-electron chi connectivity index (χ4n) is 1.35. The van der Waals surface area contributed by atoms with Crippen molar-refractivity contribution in [1.29, 1.82) is 0 Å². The van der Waals surface area contributed by atoms with Gasteiger partial charge >= 0.3 is 0 Å². The summed E-state index contributed by atoms with van der Waals surface area (Å²) in [5, 5.41) is 2.84. The summed E-state index contributed by atoms with van der Waals surface area (Å²) in [6.07, 6.45) is 1.60. The normalized spacial score (nSPS) is 12.4. The van der Waals surface area contributed by atoms with Crippen molar-refractivity contribution in [2.75, 3.05) is 13.6 Å². The van der Waals surface area contributed by atoms with Crippen LogP contribution in [0.5, 0.6) is 0 Å². The van der Waals surface area contributed by atoms with Gasteiger partial charge in [0, 0.05) is 13.1 Å². The molecule has 0 saturated heterocycles. The SMILES string of the molecule is CC(C)CC(C)NC(=O)CN(C)C=O. The van der Waals surface area contributed by atoms with Crippen LogP contribution in [0, 0.1) is 5.92 Å². The van der Waals surface area contributed by atoms with Crippen LogP contribution in [-0.2, 0) is 9.59 Å². The molecule has 0 aromatic rings. The highest BCUT2D eigenvalue weighted by atomic mass is 16.2. The van der Waals surface area contributed by atoms with Gasteiger partial charge in [-0.3, -0.25) is 9.59 Å². The fraction of sp³-hybridized carbons (Fsp3) is 0.800. The van der Waals surface area contributed by atoms with Gasteiger partial charge in [0.25, 0.3) is 0 Å². The lowest BCUT2D eigenvalue weighted by Gasteiger charge is -2.17. The monoisotopic (exact) mass is 200 g/mol. The highest BCUT2D eigenvalue weighted by molar-refractivity contribution is 5.79. The first-order chi connectivity index (χ1) is 6.45. The number of nitrogens with one attached hydrogen (secondary N) is 1. The van der Waals surface area contributed by atoms with Gasteiger partial charge in [-0.25, -0.2) is 0 Å². The molecule has 1 N–H and O–H groups in total. The van der Waals surface area contributed by atoms with E-state index in [2.05, 4.69) is 19.2 Å². The maximum absolute atomic E-state index is 11.3. The summed E-state index contributed by atoms with van der Waals surface area (Å²) in [6.45, 7) is 6.32. The first-order valence-corrected chi connectivity index (χ1v) is 4.90. The number of carbonyl (C=O) groups is 2. The summed E-state index contributed by atoms with van der Waals surface area (Å²) < 4.78 is 0. The molecule has 4 nitrogen and oxygen atoms in total. The molecule has 0 aromatic carbocycles. The summed E-state index contributed by atoms with van der Waals surface area (Å²) in [5.41, 5.74) is 0.